The molecule has 0 fully saturated rings. The molecule has 4 rings (SSSR count). The van der Waals surface area contributed by atoms with Gasteiger partial charge < -0.3 is 9.84 Å². The summed E-state index contributed by atoms with van der Waals surface area (Å²) >= 11 is 0. The molecule has 0 aliphatic carbocycles. The summed E-state index contributed by atoms with van der Waals surface area (Å²) in [5.74, 6) is -2.86. The molecule has 0 unspecified atom stereocenters. The fourth-order valence-electron chi connectivity index (χ4n) is 4.18. The van der Waals surface area contributed by atoms with E-state index >= 15 is 0 Å². The minimum atomic E-state index is -0.727. The number of esters is 1. The van der Waals surface area contributed by atoms with Crippen LogP contribution in [0.3, 0.4) is 0 Å². The van der Waals surface area contributed by atoms with Crippen molar-refractivity contribution in [2.24, 2.45) is 0 Å². The molecule has 1 aliphatic heterocycles. The van der Waals surface area contributed by atoms with Crippen molar-refractivity contribution < 1.29 is 28.6 Å². The van der Waals surface area contributed by atoms with Crippen molar-refractivity contribution in [1.82, 2.24) is 0 Å². The first-order valence-corrected chi connectivity index (χ1v) is 10.5. The van der Waals surface area contributed by atoms with E-state index in [-0.39, 0.29) is 41.2 Å². The second-order valence-corrected chi connectivity index (χ2v) is 7.58. The molecule has 0 bridgehead atoms. The maximum atomic E-state index is 14.7. The van der Waals surface area contributed by atoms with Gasteiger partial charge in [0.05, 0.1) is 29.8 Å². The molecule has 1 N–H and O–H groups in total. The molecule has 0 radical (unpaired) electrons. The van der Waals surface area contributed by atoms with Gasteiger partial charge in [0.1, 0.15) is 11.6 Å². The zero-order valence-corrected chi connectivity index (χ0v) is 17.8. The Morgan fingerprint density at radius 1 is 1.03 bits per heavy atom. The topological polar surface area (TPSA) is 83.9 Å². The van der Waals surface area contributed by atoms with Crippen LogP contribution >= 0.6 is 0 Å². The maximum Gasteiger partial charge on any atom is 0.310 e. The zero-order valence-electron chi connectivity index (χ0n) is 17.8. The summed E-state index contributed by atoms with van der Waals surface area (Å²) in [4.78, 5) is 39.1. The number of hydrogen-bond donors (Lipinski definition) is 1. The van der Waals surface area contributed by atoms with Gasteiger partial charge in [0.2, 0.25) is 0 Å². The minimum Gasteiger partial charge on any atom is -0.506 e. The van der Waals surface area contributed by atoms with Crippen LogP contribution in [-0.2, 0) is 22.4 Å². The van der Waals surface area contributed by atoms with Crippen LogP contribution in [0.5, 0.6) is 5.75 Å². The normalized spacial score (nSPS) is 13.0. The van der Waals surface area contributed by atoms with E-state index in [9.17, 15) is 23.9 Å². The molecule has 6 nitrogen and oxygen atoms in total. The van der Waals surface area contributed by atoms with Crippen LogP contribution in [0.1, 0.15) is 52.1 Å². The van der Waals surface area contributed by atoms with Gasteiger partial charge in [0.25, 0.3) is 11.8 Å². The number of carbonyl (C=O) groups excluding carboxylic acids is 3. The quantitative estimate of drug-likeness (QED) is 0.454. The smallest absolute Gasteiger partial charge is 0.310 e. The Morgan fingerprint density at radius 2 is 1.72 bits per heavy atom. The Bertz CT molecular complexity index is 1270. The van der Waals surface area contributed by atoms with E-state index in [2.05, 4.69) is 0 Å². The number of anilines is 1. The molecule has 0 saturated carbocycles. The van der Waals surface area contributed by atoms with Crippen LogP contribution in [0.4, 0.5) is 10.1 Å². The fourth-order valence-corrected chi connectivity index (χ4v) is 4.18. The summed E-state index contributed by atoms with van der Waals surface area (Å²) in [7, 11) is 0. The van der Waals surface area contributed by atoms with Crippen LogP contribution in [0.15, 0.2) is 42.5 Å². The first-order chi connectivity index (χ1) is 15.4. The Hall–Kier alpha value is -3.74. The Morgan fingerprint density at radius 3 is 2.38 bits per heavy atom. The molecule has 164 valence electrons. The van der Waals surface area contributed by atoms with Gasteiger partial charge in [-0.2, -0.15) is 0 Å². The molecule has 7 heteroatoms. The molecule has 0 atom stereocenters. The van der Waals surface area contributed by atoms with Gasteiger partial charge in [0.15, 0.2) is 0 Å². The summed E-state index contributed by atoms with van der Waals surface area (Å²) in [6, 6.07) is 10.9. The molecule has 1 heterocycles. The number of rotatable bonds is 6. The average Bonchev–Trinajstić information content (AvgIpc) is 3.03. The van der Waals surface area contributed by atoms with Crippen LogP contribution in [0.25, 0.3) is 10.8 Å². The second kappa shape index (κ2) is 8.42. The van der Waals surface area contributed by atoms with Crippen molar-refractivity contribution in [3.63, 3.8) is 0 Å². The van der Waals surface area contributed by atoms with E-state index < -0.39 is 23.6 Å². The SMILES string of the molecule is CCCc1c2c(c(O)c3ccccc13)C(=O)N(c1ccc(CC(=O)OCC)c(F)c1)C2=O. The summed E-state index contributed by atoms with van der Waals surface area (Å²) in [6.07, 6.45) is 1.03. The lowest BCUT2D eigenvalue weighted by atomic mass is 9.91. The molecular formula is C25H22FNO5. The van der Waals surface area contributed by atoms with Crippen LogP contribution in [0.2, 0.25) is 0 Å². The third-order valence-electron chi connectivity index (χ3n) is 5.56. The molecule has 32 heavy (non-hydrogen) atoms. The average molecular weight is 435 g/mol. The van der Waals surface area contributed by atoms with E-state index in [1.165, 1.54) is 12.1 Å². The molecular weight excluding hydrogens is 413 g/mol. The predicted octanol–water partition coefficient (Wildman–Crippen LogP) is 4.54. The number of amides is 2. The number of aromatic hydroxyl groups is 1. The van der Waals surface area contributed by atoms with Crippen LogP contribution in [0, 0.1) is 5.82 Å². The van der Waals surface area contributed by atoms with Gasteiger partial charge in [-0.05, 0) is 42.0 Å². The van der Waals surface area contributed by atoms with Crippen LogP contribution < -0.4 is 4.90 Å². The van der Waals surface area contributed by atoms with Crippen molar-refractivity contribution in [3.8, 4) is 5.75 Å². The number of carbonyl (C=O) groups is 3. The molecule has 0 aromatic heterocycles. The molecule has 3 aromatic rings. The lowest BCUT2D eigenvalue weighted by molar-refractivity contribution is -0.142. The highest BCUT2D eigenvalue weighted by Gasteiger charge is 2.42. The largest absolute Gasteiger partial charge is 0.506 e. The van der Waals surface area contributed by atoms with E-state index in [0.717, 1.165) is 17.4 Å². The number of nitrogens with zero attached hydrogens (tertiary/aromatic N) is 1. The highest BCUT2D eigenvalue weighted by Crippen LogP contribution is 2.42. The van der Waals surface area contributed by atoms with E-state index in [1.807, 2.05) is 19.1 Å². The third-order valence-corrected chi connectivity index (χ3v) is 5.56. The molecule has 2 amide bonds. The number of phenols is 1. The number of benzene rings is 3. The van der Waals surface area contributed by atoms with Crippen molar-refractivity contribution in [3.05, 3.63) is 70.5 Å². The number of imide groups is 1. The lowest BCUT2D eigenvalue weighted by Crippen LogP contribution is -2.29. The summed E-state index contributed by atoms with van der Waals surface area (Å²) in [5, 5.41) is 12.0. The van der Waals surface area contributed by atoms with Crippen molar-refractivity contribution in [2.45, 2.75) is 33.1 Å². The monoisotopic (exact) mass is 435 g/mol. The molecule has 3 aromatic carbocycles. The standard InChI is InChI=1S/C25H22FNO5/c1-3-7-17-16-8-5-6-9-18(16)23(29)22-21(17)24(30)27(25(22)31)15-11-10-14(19(26)13-15)12-20(28)32-4-2/h5-6,8-11,13,29H,3-4,7,12H2,1-2H3. The number of halogens is 1. The van der Waals surface area contributed by atoms with Gasteiger partial charge in [-0.3, -0.25) is 14.4 Å². The van der Waals surface area contributed by atoms with Gasteiger partial charge in [-0.25, -0.2) is 9.29 Å². The Balaban J connectivity index is 1.80. The first-order valence-electron chi connectivity index (χ1n) is 10.5. The first kappa shape index (κ1) is 21.5. The van der Waals surface area contributed by atoms with Crippen molar-refractivity contribution in [1.29, 1.82) is 0 Å². The van der Waals surface area contributed by atoms with Gasteiger partial charge >= 0.3 is 5.97 Å². The van der Waals surface area contributed by atoms with Gasteiger partial charge in [-0.15, -0.1) is 0 Å². The highest BCUT2D eigenvalue weighted by atomic mass is 19.1. The predicted molar refractivity (Wildman–Crippen MR) is 117 cm³/mol. The summed E-state index contributed by atoms with van der Waals surface area (Å²) in [6.45, 7) is 3.81. The molecule has 0 saturated heterocycles. The van der Waals surface area contributed by atoms with E-state index in [1.54, 1.807) is 19.1 Å². The number of fused-ring (bicyclic) bond motifs is 2. The number of phenolic OH excluding ortho intramolecular Hbond substituents is 1. The number of aryl methyl sites for hydroxylation is 1. The lowest BCUT2D eigenvalue weighted by Gasteiger charge is -2.15. The Kier molecular flexibility index (Phi) is 5.65. The van der Waals surface area contributed by atoms with Gasteiger partial charge in [-0.1, -0.05) is 43.7 Å². The van der Waals surface area contributed by atoms with Crippen molar-refractivity contribution in [2.75, 3.05) is 11.5 Å². The molecule has 0 spiro atoms. The fraction of sp³-hybridized carbons (Fsp3) is 0.240. The summed E-state index contributed by atoms with van der Waals surface area (Å²) in [5.41, 5.74) is 0.921. The number of ether oxygens (including phenoxy) is 1. The summed E-state index contributed by atoms with van der Waals surface area (Å²) < 4.78 is 19.5. The highest BCUT2D eigenvalue weighted by molar-refractivity contribution is 6.37. The van der Waals surface area contributed by atoms with Crippen LogP contribution in [-0.4, -0.2) is 29.5 Å². The van der Waals surface area contributed by atoms with E-state index in [0.29, 0.717) is 22.8 Å². The maximum absolute atomic E-state index is 14.7. The third kappa shape index (κ3) is 3.39. The zero-order chi connectivity index (χ0) is 23.0. The van der Waals surface area contributed by atoms with E-state index in [4.69, 9.17) is 4.74 Å². The number of hydrogen-bond acceptors (Lipinski definition) is 5. The molecule has 1 aliphatic rings. The second-order valence-electron chi connectivity index (χ2n) is 7.58. The Labute approximate surface area is 184 Å². The minimum absolute atomic E-state index is 0.0345. The van der Waals surface area contributed by atoms with Gasteiger partial charge in [0, 0.05) is 5.39 Å². The van der Waals surface area contributed by atoms with Crippen molar-refractivity contribution >= 4 is 34.2 Å².